The van der Waals surface area contributed by atoms with Gasteiger partial charge in [0.1, 0.15) is 5.76 Å². The molecule has 29 heavy (non-hydrogen) atoms. The molecule has 1 fully saturated rings. The lowest BCUT2D eigenvalue weighted by Crippen LogP contribution is -2.38. The molecule has 0 aromatic heterocycles. The van der Waals surface area contributed by atoms with Crippen LogP contribution in [0.2, 0.25) is 5.02 Å². The SMILES string of the molecule is CCOC(=O)N1CCC(=C2c3ccc(Cl)cc3CCC3=CC(OC)=CNC32)CC1. The Morgan fingerprint density at radius 3 is 2.76 bits per heavy atom. The smallest absolute Gasteiger partial charge is 0.409 e. The number of benzene rings is 1. The van der Waals surface area contributed by atoms with Crippen LogP contribution in [0.3, 0.4) is 0 Å². The summed E-state index contributed by atoms with van der Waals surface area (Å²) >= 11 is 6.31. The van der Waals surface area contributed by atoms with Crippen molar-refractivity contribution in [3.05, 3.63) is 63.5 Å². The monoisotopic (exact) mass is 414 g/mol. The third-order valence-corrected chi connectivity index (χ3v) is 6.16. The van der Waals surface area contributed by atoms with Crippen LogP contribution in [0.15, 0.2) is 47.4 Å². The van der Waals surface area contributed by atoms with Crippen LogP contribution in [0.5, 0.6) is 0 Å². The van der Waals surface area contributed by atoms with Gasteiger partial charge in [-0.05, 0) is 73.1 Å². The van der Waals surface area contributed by atoms with Crippen molar-refractivity contribution in [3.63, 3.8) is 0 Å². The molecule has 1 amide bonds. The zero-order chi connectivity index (χ0) is 20.4. The van der Waals surface area contributed by atoms with Gasteiger partial charge >= 0.3 is 6.09 Å². The highest BCUT2D eigenvalue weighted by atomic mass is 35.5. The number of allylic oxidation sites excluding steroid dienone is 1. The molecule has 2 aliphatic heterocycles. The molecule has 1 aliphatic carbocycles. The van der Waals surface area contributed by atoms with E-state index in [1.807, 2.05) is 19.2 Å². The van der Waals surface area contributed by atoms with Crippen molar-refractivity contribution in [1.82, 2.24) is 10.2 Å². The number of halogens is 1. The second-order valence-electron chi connectivity index (χ2n) is 7.57. The largest absolute Gasteiger partial charge is 0.495 e. The molecule has 0 bridgehead atoms. The number of rotatable bonds is 2. The maximum atomic E-state index is 12.1. The van der Waals surface area contributed by atoms with Gasteiger partial charge in [0, 0.05) is 24.3 Å². The van der Waals surface area contributed by atoms with E-state index in [1.54, 1.807) is 12.0 Å². The lowest BCUT2D eigenvalue weighted by molar-refractivity contribution is 0.104. The number of nitrogens with one attached hydrogen (secondary N) is 1. The summed E-state index contributed by atoms with van der Waals surface area (Å²) in [5, 5.41) is 4.34. The summed E-state index contributed by atoms with van der Waals surface area (Å²) in [6.45, 7) is 3.62. The van der Waals surface area contributed by atoms with Crippen molar-refractivity contribution in [1.29, 1.82) is 0 Å². The van der Waals surface area contributed by atoms with Gasteiger partial charge in [-0.3, -0.25) is 0 Å². The minimum atomic E-state index is -0.214. The molecular formula is C23H27ClN2O3. The van der Waals surface area contributed by atoms with Crippen LogP contribution in [-0.2, 0) is 15.9 Å². The van der Waals surface area contributed by atoms with Crippen molar-refractivity contribution in [2.75, 3.05) is 26.8 Å². The number of dihydropyridines is 1. The average Bonchev–Trinajstić information content (AvgIpc) is 2.90. The number of piperidine rings is 1. The van der Waals surface area contributed by atoms with Gasteiger partial charge in [0.05, 0.1) is 19.8 Å². The number of fused-ring (bicyclic) bond motifs is 2. The van der Waals surface area contributed by atoms with Crippen LogP contribution in [0.25, 0.3) is 5.57 Å². The number of methoxy groups -OCH3 is 1. The second-order valence-corrected chi connectivity index (χ2v) is 8.01. The van der Waals surface area contributed by atoms with Gasteiger partial charge in [-0.1, -0.05) is 23.2 Å². The molecule has 4 rings (SSSR count). The number of amides is 1. The quantitative estimate of drug-likeness (QED) is 0.763. The summed E-state index contributed by atoms with van der Waals surface area (Å²) in [7, 11) is 1.70. The highest BCUT2D eigenvalue weighted by Gasteiger charge is 2.31. The Morgan fingerprint density at radius 2 is 2.03 bits per heavy atom. The van der Waals surface area contributed by atoms with E-state index in [2.05, 4.69) is 23.5 Å². The van der Waals surface area contributed by atoms with Gasteiger partial charge in [0.15, 0.2) is 0 Å². The van der Waals surface area contributed by atoms with Gasteiger partial charge in [-0.2, -0.15) is 0 Å². The lowest BCUT2D eigenvalue weighted by atomic mass is 9.85. The van der Waals surface area contributed by atoms with Crippen molar-refractivity contribution in [2.24, 2.45) is 0 Å². The number of hydrogen-bond donors (Lipinski definition) is 1. The molecule has 2 heterocycles. The maximum absolute atomic E-state index is 12.1. The first-order valence-corrected chi connectivity index (χ1v) is 10.6. The fourth-order valence-electron chi connectivity index (χ4n) is 4.49. The van der Waals surface area contributed by atoms with E-state index in [0.29, 0.717) is 19.7 Å². The number of hydrogen-bond acceptors (Lipinski definition) is 4. The highest BCUT2D eigenvalue weighted by Crippen LogP contribution is 2.40. The fraction of sp³-hybridized carbons (Fsp3) is 0.435. The topological polar surface area (TPSA) is 50.8 Å². The number of carbonyl (C=O) groups excluding carboxylic acids is 1. The molecule has 3 aliphatic rings. The van der Waals surface area contributed by atoms with E-state index in [0.717, 1.165) is 36.5 Å². The van der Waals surface area contributed by atoms with E-state index >= 15 is 0 Å². The average molecular weight is 415 g/mol. The van der Waals surface area contributed by atoms with Crippen LogP contribution in [0.4, 0.5) is 4.79 Å². The standard InChI is InChI=1S/C23H27ClN2O3/c1-3-29-23(27)26-10-8-15(9-11-26)21-20-7-6-18(24)12-16(20)4-5-17-13-19(28-2)14-25-22(17)21/h6-7,12-14,22,25H,3-5,8-11H2,1-2H3. The molecule has 0 radical (unpaired) electrons. The predicted molar refractivity (Wildman–Crippen MR) is 115 cm³/mol. The molecule has 0 spiro atoms. The first-order chi connectivity index (χ1) is 14.1. The summed E-state index contributed by atoms with van der Waals surface area (Å²) in [4.78, 5) is 13.9. The minimum absolute atomic E-state index is 0.125. The Labute approximate surface area is 177 Å². The summed E-state index contributed by atoms with van der Waals surface area (Å²) in [6.07, 6.45) is 7.49. The Balaban J connectivity index is 1.71. The van der Waals surface area contributed by atoms with E-state index in [-0.39, 0.29) is 12.1 Å². The normalized spacial score (nSPS) is 21.2. The number of carbonyl (C=O) groups is 1. The molecule has 154 valence electrons. The van der Waals surface area contributed by atoms with Crippen molar-refractivity contribution in [3.8, 4) is 0 Å². The molecule has 1 aromatic carbocycles. The molecule has 6 heteroatoms. The second kappa shape index (κ2) is 8.54. The van der Waals surface area contributed by atoms with Gasteiger partial charge in [-0.15, -0.1) is 0 Å². The Bertz CT molecular complexity index is 893. The molecular weight excluding hydrogens is 388 g/mol. The third-order valence-electron chi connectivity index (χ3n) is 5.93. The zero-order valence-electron chi connectivity index (χ0n) is 17.0. The third kappa shape index (κ3) is 4.01. The van der Waals surface area contributed by atoms with E-state index in [1.165, 1.54) is 27.8 Å². The van der Waals surface area contributed by atoms with Crippen LogP contribution in [0, 0.1) is 0 Å². The van der Waals surface area contributed by atoms with Crippen LogP contribution in [-0.4, -0.2) is 43.8 Å². The van der Waals surface area contributed by atoms with Crippen molar-refractivity contribution < 1.29 is 14.3 Å². The van der Waals surface area contributed by atoms with Crippen LogP contribution in [0.1, 0.15) is 37.3 Å². The number of nitrogens with zero attached hydrogens (tertiary/aromatic N) is 1. The number of aryl methyl sites for hydroxylation is 1. The van der Waals surface area contributed by atoms with Crippen molar-refractivity contribution in [2.45, 2.75) is 38.6 Å². The summed E-state index contributed by atoms with van der Waals surface area (Å²) in [6, 6.07) is 6.34. The molecule has 1 saturated heterocycles. The Kier molecular flexibility index (Phi) is 5.86. The maximum Gasteiger partial charge on any atom is 0.409 e. The zero-order valence-corrected chi connectivity index (χ0v) is 17.7. The first kappa shape index (κ1) is 19.9. The molecule has 1 N–H and O–H groups in total. The Morgan fingerprint density at radius 1 is 1.24 bits per heavy atom. The lowest BCUT2D eigenvalue weighted by Gasteiger charge is -2.33. The molecule has 0 saturated carbocycles. The fourth-order valence-corrected chi connectivity index (χ4v) is 4.68. The molecule has 1 atom stereocenters. The summed E-state index contributed by atoms with van der Waals surface area (Å²) in [5.74, 6) is 0.849. The first-order valence-electron chi connectivity index (χ1n) is 10.2. The molecule has 1 aromatic rings. The van der Waals surface area contributed by atoms with Gasteiger partial charge in [0.2, 0.25) is 0 Å². The van der Waals surface area contributed by atoms with E-state index < -0.39 is 0 Å². The number of ether oxygens (including phenoxy) is 2. The van der Waals surface area contributed by atoms with Gasteiger partial charge < -0.3 is 19.7 Å². The van der Waals surface area contributed by atoms with Crippen molar-refractivity contribution >= 4 is 23.3 Å². The highest BCUT2D eigenvalue weighted by molar-refractivity contribution is 6.30. The number of likely N-dealkylation sites (tertiary alicyclic amines) is 1. The minimum Gasteiger partial charge on any atom is -0.495 e. The van der Waals surface area contributed by atoms with Gasteiger partial charge in [0.25, 0.3) is 0 Å². The van der Waals surface area contributed by atoms with E-state index in [4.69, 9.17) is 21.1 Å². The van der Waals surface area contributed by atoms with Crippen LogP contribution < -0.4 is 5.32 Å². The van der Waals surface area contributed by atoms with E-state index in [9.17, 15) is 4.79 Å². The summed E-state index contributed by atoms with van der Waals surface area (Å²) in [5.41, 5.74) is 6.60. The Hall–Kier alpha value is -2.40. The molecule has 5 nitrogen and oxygen atoms in total. The van der Waals surface area contributed by atoms with Gasteiger partial charge in [-0.25, -0.2) is 4.79 Å². The van der Waals surface area contributed by atoms with Crippen LogP contribution >= 0.6 is 11.6 Å². The molecule has 1 unspecified atom stereocenters. The predicted octanol–water partition coefficient (Wildman–Crippen LogP) is 4.68. The summed E-state index contributed by atoms with van der Waals surface area (Å²) < 4.78 is 10.6.